The number of carbonyl (C=O) groups excluding carboxylic acids is 2. The lowest BCUT2D eigenvalue weighted by molar-refractivity contribution is -0.384. The summed E-state index contributed by atoms with van der Waals surface area (Å²) in [6, 6.07) is 14.3. The number of carbonyl (C=O) groups is 2. The number of allylic oxidation sites excluding steroid dienone is 1. The number of thiazole rings is 1. The summed E-state index contributed by atoms with van der Waals surface area (Å²) in [6.07, 6.45) is 4.40. The summed E-state index contributed by atoms with van der Waals surface area (Å²) in [5.41, 5.74) is 1.20. The van der Waals surface area contributed by atoms with Gasteiger partial charge < -0.3 is 13.9 Å². The van der Waals surface area contributed by atoms with Crippen molar-refractivity contribution in [2.45, 2.75) is 13.0 Å². The molecule has 0 amide bonds. The van der Waals surface area contributed by atoms with E-state index in [1.54, 1.807) is 55.5 Å². The highest BCUT2D eigenvalue weighted by Gasteiger charge is 2.33. The van der Waals surface area contributed by atoms with E-state index in [4.69, 9.17) is 13.9 Å². The average Bonchev–Trinajstić information content (AvgIpc) is 3.60. The number of fused-ring (bicyclic) bond motifs is 1. The molecule has 3 heterocycles. The molecule has 0 spiro atoms. The van der Waals surface area contributed by atoms with Gasteiger partial charge in [-0.05, 0) is 60.5 Å². The summed E-state index contributed by atoms with van der Waals surface area (Å²) in [7, 11) is 0. The smallest absolute Gasteiger partial charge is 0.379 e. The SMILES string of the molecule is C=CCOC(=O)C1=C(C)N=c2s/c(=C/c3ccc([N+](=O)[O-])cc3)c(=O)n2[C@H]1c1ccc(OC(=O)c2ccco2)cc1. The molecule has 0 unspecified atom stereocenters. The fourth-order valence-corrected chi connectivity index (χ4v) is 5.27. The van der Waals surface area contributed by atoms with E-state index in [2.05, 4.69) is 11.6 Å². The minimum atomic E-state index is -0.891. The number of esters is 2. The molecule has 206 valence electrons. The summed E-state index contributed by atoms with van der Waals surface area (Å²) >= 11 is 1.12. The third-order valence-corrected chi connectivity index (χ3v) is 7.09. The quantitative estimate of drug-likeness (QED) is 0.102. The van der Waals surface area contributed by atoms with Crippen LogP contribution in [0.1, 0.15) is 34.6 Å². The van der Waals surface area contributed by atoms with Crippen molar-refractivity contribution in [3.63, 3.8) is 0 Å². The van der Waals surface area contributed by atoms with Crippen LogP contribution in [0.5, 0.6) is 5.75 Å². The molecule has 0 saturated carbocycles. The second-order valence-electron chi connectivity index (χ2n) is 8.75. The fraction of sp³-hybridized carbons (Fsp3) is 0.103. The van der Waals surface area contributed by atoms with Crippen molar-refractivity contribution < 1.29 is 28.4 Å². The maximum absolute atomic E-state index is 13.7. The van der Waals surface area contributed by atoms with Gasteiger partial charge in [-0.3, -0.25) is 19.5 Å². The molecule has 1 aliphatic rings. The molecule has 2 aromatic heterocycles. The number of furan rings is 1. The second kappa shape index (κ2) is 11.4. The Morgan fingerprint density at radius 3 is 2.51 bits per heavy atom. The predicted octanol–water partition coefficient (Wildman–Crippen LogP) is 3.68. The first kappa shape index (κ1) is 27.2. The van der Waals surface area contributed by atoms with Crippen LogP contribution in [-0.2, 0) is 9.53 Å². The number of nitrogens with zero attached hydrogens (tertiary/aromatic N) is 3. The third kappa shape index (κ3) is 5.54. The number of aromatic nitrogens is 1. The Hall–Kier alpha value is -5.36. The van der Waals surface area contributed by atoms with E-state index in [1.165, 1.54) is 35.1 Å². The van der Waals surface area contributed by atoms with E-state index in [1.807, 2.05) is 0 Å². The molecule has 1 atom stereocenters. The Morgan fingerprint density at radius 2 is 1.88 bits per heavy atom. The highest BCUT2D eigenvalue weighted by atomic mass is 32.1. The van der Waals surface area contributed by atoms with Gasteiger partial charge in [0.25, 0.3) is 11.2 Å². The van der Waals surface area contributed by atoms with E-state index in [0.29, 0.717) is 26.2 Å². The molecule has 11 nitrogen and oxygen atoms in total. The molecule has 0 bridgehead atoms. The van der Waals surface area contributed by atoms with Crippen LogP contribution < -0.4 is 19.6 Å². The maximum Gasteiger partial charge on any atom is 0.379 e. The van der Waals surface area contributed by atoms with Crippen LogP contribution in [0, 0.1) is 10.1 Å². The van der Waals surface area contributed by atoms with Gasteiger partial charge in [0.1, 0.15) is 12.4 Å². The number of nitro benzene ring substituents is 1. The number of hydrogen-bond acceptors (Lipinski definition) is 10. The van der Waals surface area contributed by atoms with E-state index >= 15 is 0 Å². The number of hydrogen-bond donors (Lipinski definition) is 0. The van der Waals surface area contributed by atoms with Crippen molar-refractivity contribution in [1.29, 1.82) is 0 Å². The topological polar surface area (TPSA) is 143 Å². The minimum absolute atomic E-state index is 0.0332. The van der Waals surface area contributed by atoms with Gasteiger partial charge >= 0.3 is 11.9 Å². The summed E-state index contributed by atoms with van der Waals surface area (Å²) in [4.78, 5) is 54.5. The lowest BCUT2D eigenvalue weighted by Gasteiger charge is -2.24. The molecule has 0 saturated heterocycles. The number of non-ortho nitro benzene ring substituents is 1. The zero-order chi connectivity index (χ0) is 29.1. The standard InChI is InChI=1S/C29H21N3O8S/c1-3-14-39-28(35)24-17(2)30-29-31(26(33)23(41-29)16-18-6-10-20(11-7-18)32(36)37)25(24)19-8-12-21(13-9-19)40-27(34)22-5-4-15-38-22/h3-13,15-16,25H,1,14H2,2H3/b23-16+/t25-/m0/s1. The number of rotatable bonds is 8. The largest absolute Gasteiger partial charge is 0.458 e. The van der Waals surface area contributed by atoms with Crippen LogP contribution in [0.2, 0.25) is 0 Å². The summed E-state index contributed by atoms with van der Waals surface area (Å²) in [5.74, 6) is -1.06. The fourth-order valence-electron chi connectivity index (χ4n) is 4.22. The molecule has 0 aliphatic carbocycles. The van der Waals surface area contributed by atoms with Gasteiger partial charge in [0, 0.05) is 12.1 Å². The average molecular weight is 572 g/mol. The number of ether oxygens (including phenoxy) is 2. The molecule has 41 heavy (non-hydrogen) atoms. The van der Waals surface area contributed by atoms with Crippen LogP contribution in [0.4, 0.5) is 5.69 Å². The Balaban J connectivity index is 1.57. The Labute approximate surface area is 235 Å². The van der Waals surface area contributed by atoms with Gasteiger partial charge in [-0.25, -0.2) is 14.6 Å². The van der Waals surface area contributed by atoms with Gasteiger partial charge in [0.2, 0.25) is 5.76 Å². The third-order valence-electron chi connectivity index (χ3n) is 6.10. The predicted molar refractivity (Wildman–Crippen MR) is 148 cm³/mol. The van der Waals surface area contributed by atoms with Gasteiger partial charge in [0.05, 0.1) is 33.0 Å². The molecule has 5 rings (SSSR count). The highest BCUT2D eigenvalue weighted by Crippen LogP contribution is 2.32. The van der Waals surface area contributed by atoms with Gasteiger partial charge in [-0.15, -0.1) is 0 Å². The van der Waals surface area contributed by atoms with E-state index in [0.717, 1.165) is 11.3 Å². The van der Waals surface area contributed by atoms with E-state index in [-0.39, 0.29) is 29.4 Å². The first-order valence-electron chi connectivity index (χ1n) is 12.2. The summed E-state index contributed by atoms with van der Waals surface area (Å²) in [5, 5.41) is 11.0. The first-order chi connectivity index (χ1) is 19.8. The van der Waals surface area contributed by atoms with E-state index < -0.39 is 28.5 Å². The van der Waals surface area contributed by atoms with Crippen molar-refractivity contribution >= 4 is 35.0 Å². The van der Waals surface area contributed by atoms with E-state index in [9.17, 15) is 24.5 Å². The van der Waals surface area contributed by atoms with Crippen LogP contribution >= 0.6 is 11.3 Å². The van der Waals surface area contributed by atoms with Crippen LogP contribution in [-0.4, -0.2) is 28.0 Å². The zero-order valence-corrected chi connectivity index (χ0v) is 22.3. The first-order valence-corrected chi connectivity index (χ1v) is 13.0. The molecule has 0 radical (unpaired) electrons. The van der Waals surface area contributed by atoms with Gasteiger partial charge in [-0.2, -0.15) is 0 Å². The molecule has 0 fully saturated rings. The van der Waals surface area contributed by atoms with Crippen molar-refractivity contribution in [3.05, 3.63) is 138 Å². The summed E-state index contributed by atoms with van der Waals surface area (Å²) in [6.45, 7) is 5.20. The second-order valence-corrected chi connectivity index (χ2v) is 9.76. The minimum Gasteiger partial charge on any atom is -0.458 e. The van der Waals surface area contributed by atoms with Crippen LogP contribution in [0.15, 0.2) is 105 Å². The molecular formula is C29H21N3O8S. The summed E-state index contributed by atoms with van der Waals surface area (Å²) < 4.78 is 17.5. The van der Waals surface area contributed by atoms with Crippen molar-refractivity contribution in [2.75, 3.05) is 6.61 Å². The molecule has 4 aromatic rings. The zero-order valence-electron chi connectivity index (χ0n) is 21.5. The number of nitro groups is 1. The number of benzene rings is 2. The molecular weight excluding hydrogens is 550 g/mol. The Morgan fingerprint density at radius 1 is 1.15 bits per heavy atom. The normalized spacial score (nSPS) is 14.7. The van der Waals surface area contributed by atoms with Crippen molar-refractivity contribution in [3.8, 4) is 5.75 Å². The Kier molecular flexibility index (Phi) is 7.57. The molecule has 2 aromatic carbocycles. The molecule has 0 N–H and O–H groups in total. The molecule has 12 heteroatoms. The van der Waals surface area contributed by atoms with Crippen LogP contribution in [0.25, 0.3) is 6.08 Å². The van der Waals surface area contributed by atoms with Crippen LogP contribution in [0.3, 0.4) is 0 Å². The molecule has 1 aliphatic heterocycles. The Bertz CT molecular complexity index is 1870. The lowest BCUT2D eigenvalue weighted by Crippen LogP contribution is -2.39. The van der Waals surface area contributed by atoms with Gasteiger partial charge in [0.15, 0.2) is 4.80 Å². The lowest BCUT2D eigenvalue weighted by atomic mass is 9.96. The maximum atomic E-state index is 13.7. The highest BCUT2D eigenvalue weighted by molar-refractivity contribution is 7.07. The monoisotopic (exact) mass is 571 g/mol. The van der Waals surface area contributed by atoms with Gasteiger partial charge in [-0.1, -0.05) is 36.1 Å². The van der Waals surface area contributed by atoms with Crippen molar-refractivity contribution in [2.24, 2.45) is 4.99 Å². The van der Waals surface area contributed by atoms with Crippen molar-refractivity contribution in [1.82, 2.24) is 4.57 Å².